The molecule has 0 atom stereocenters. The molecule has 0 unspecified atom stereocenters. The molecule has 1 fully saturated rings. The van der Waals surface area contributed by atoms with Crippen LogP contribution in [-0.2, 0) is 9.59 Å². The minimum absolute atomic E-state index is 0.176. The molecular formula is C10H16O3. The summed E-state index contributed by atoms with van der Waals surface area (Å²) in [6.07, 6.45) is 5.24. The summed E-state index contributed by atoms with van der Waals surface area (Å²) < 4.78 is 0. The molecule has 1 N–H and O–H groups in total. The van der Waals surface area contributed by atoms with Gasteiger partial charge in [0.2, 0.25) is 0 Å². The van der Waals surface area contributed by atoms with Gasteiger partial charge >= 0.3 is 5.97 Å². The number of rotatable bonds is 1. The Morgan fingerprint density at radius 3 is 1.85 bits per heavy atom. The minimum atomic E-state index is -0.935. The van der Waals surface area contributed by atoms with Crippen LogP contribution >= 0.6 is 0 Å². The molecule has 13 heavy (non-hydrogen) atoms. The quantitative estimate of drug-likeness (QED) is 0.635. The Morgan fingerprint density at radius 1 is 1.31 bits per heavy atom. The summed E-state index contributed by atoms with van der Waals surface area (Å²) in [6.45, 7) is 4.60. The Kier molecular flexibility index (Phi) is 5.85. The molecule has 74 valence electrons. The van der Waals surface area contributed by atoms with Gasteiger partial charge in [-0.2, -0.15) is 0 Å². The fraction of sp³-hybridized carbons (Fsp3) is 0.600. The highest BCUT2D eigenvalue weighted by Gasteiger charge is 2.05. The molecule has 0 heterocycles. The molecular weight excluding hydrogens is 168 g/mol. The van der Waals surface area contributed by atoms with Crippen LogP contribution in [0.15, 0.2) is 12.2 Å². The second-order valence-corrected chi connectivity index (χ2v) is 3.18. The van der Waals surface area contributed by atoms with Crippen molar-refractivity contribution in [2.75, 3.05) is 0 Å². The zero-order valence-corrected chi connectivity index (χ0v) is 8.01. The van der Waals surface area contributed by atoms with Gasteiger partial charge in [0.1, 0.15) is 5.78 Å². The summed E-state index contributed by atoms with van der Waals surface area (Å²) in [5, 5.41) is 7.89. The van der Waals surface area contributed by atoms with Crippen molar-refractivity contribution < 1.29 is 14.7 Å². The number of Topliss-reactive ketones (excluding diaryl/α,β-unsaturated/α-hetero) is 1. The third-order valence-corrected chi connectivity index (χ3v) is 1.78. The predicted octanol–water partition coefficient (Wildman–Crippen LogP) is 2.17. The highest BCUT2D eigenvalue weighted by atomic mass is 16.4. The molecule has 0 saturated heterocycles. The molecule has 1 rings (SSSR count). The summed E-state index contributed by atoms with van der Waals surface area (Å²) in [5.41, 5.74) is 0.176. The summed E-state index contributed by atoms with van der Waals surface area (Å²) in [7, 11) is 0. The fourth-order valence-corrected chi connectivity index (χ4v) is 0.946. The van der Waals surface area contributed by atoms with Gasteiger partial charge in [0.25, 0.3) is 0 Å². The monoisotopic (exact) mass is 184 g/mol. The first-order chi connectivity index (χ1) is 6.04. The smallest absolute Gasteiger partial charge is 0.330 e. The number of carbonyl (C=O) groups is 2. The summed E-state index contributed by atoms with van der Waals surface area (Å²) in [4.78, 5) is 20.1. The van der Waals surface area contributed by atoms with Crippen molar-refractivity contribution in [3.63, 3.8) is 0 Å². The topological polar surface area (TPSA) is 54.4 Å². The lowest BCUT2D eigenvalue weighted by Gasteiger charge is -2.05. The van der Waals surface area contributed by atoms with E-state index < -0.39 is 5.97 Å². The van der Waals surface area contributed by atoms with Crippen LogP contribution in [0.3, 0.4) is 0 Å². The summed E-state index contributed by atoms with van der Waals surface area (Å²) in [6, 6.07) is 0. The number of carboxylic acids is 1. The fourth-order valence-electron chi connectivity index (χ4n) is 0.946. The molecule has 0 aromatic carbocycles. The van der Waals surface area contributed by atoms with Crippen LogP contribution in [0.5, 0.6) is 0 Å². The van der Waals surface area contributed by atoms with Crippen LogP contribution in [0.25, 0.3) is 0 Å². The van der Waals surface area contributed by atoms with Gasteiger partial charge < -0.3 is 5.11 Å². The number of ketones is 1. The maximum Gasteiger partial charge on any atom is 0.330 e. The lowest BCUT2D eigenvalue weighted by atomic mass is 10.00. The second kappa shape index (κ2) is 6.40. The van der Waals surface area contributed by atoms with Gasteiger partial charge in [0.05, 0.1) is 0 Å². The molecule has 0 aromatic heterocycles. The van der Waals surface area contributed by atoms with Gasteiger partial charge in [-0.1, -0.05) is 13.0 Å². The Bertz CT molecular complexity index is 186. The standard InChI is InChI=1S/C6H10O.C4H6O2/c7-6-4-2-1-3-5-6;1-3(2)4(5)6/h1-5H2;1H2,2H3,(H,5,6). The number of hydrogen-bond donors (Lipinski definition) is 1. The van der Waals surface area contributed by atoms with Crippen molar-refractivity contribution in [3.8, 4) is 0 Å². The highest BCUT2D eigenvalue weighted by Crippen LogP contribution is 2.12. The zero-order valence-electron chi connectivity index (χ0n) is 8.01. The van der Waals surface area contributed by atoms with E-state index in [4.69, 9.17) is 5.11 Å². The molecule has 1 saturated carbocycles. The van der Waals surface area contributed by atoms with Gasteiger partial charge in [-0.25, -0.2) is 4.79 Å². The van der Waals surface area contributed by atoms with Crippen molar-refractivity contribution >= 4 is 11.8 Å². The van der Waals surface area contributed by atoms with Crippen LogP contribution in [-0.4, -0.2) is 16.9 Å². The van der Waals surface area contributed by atoms with Gasteiger partial charge in [0, 0.05) is 18.4 Å². The Balaban J connectivity index is 0.000000226. The number of carbonyl (C=O) groups excluding carboxylic acids is 1. The molecule has 0 aliphatic heterocycles. The summed E-state index contributed by atoms with van der Waals surface area (Å²) in [5.74, 6) is -0.471. The molecule has 3 heteroatoms. The third kappa shape index (κ3) is 7.25. The predicted molar refractivity (Wildman–Crippen MR) is 50.5 cm³/mol. The SMILES string of the molecule is C=C(C)C(=O)O.O=C1CCCCC1. The van der Waals surface area contributed by atoms with E-state index in [-0.39, 0.29) is 5.57 Å². The van der Waals surface area contributed by atoms with E-state index in [0.29, 0.717) is 5.78 Å². The van der Waals surface area contributed by atoms with Gasteiger partial charge in [-0.05, 0) is 19.8 Å². The van der Waals surface area contributed by atoms with E-state index in [1.807, 2.05) is 0 Å². The molecule has 0 radical (unpaired) electrons. The normalized spacial score (nSPS) is 15.6. The Hall–Kier alpha value is -1.12. The van der Waals surface area contributed by atoms with Crippen LogP contribution in [0.2, 0.25) is 0 Å². The molecule has 0 amide bonds. The molecule has 1 aliphatic carbocycles. The summed E-state index contributed by atoms with van der Waals surface area (Å²) >= 11 is 0. The van der Waals surface area contributed by atoms with Gasteiger partial charge in [-0.15, -0.1) is 0 Å². The molecule has 0 aromatic rings. The minimum Gasteiger partial charge on any atom is -0.478 e. The van der Waals surface area contributed by atoms with Crippen LogP contribution < -0.4 is 0 Å². The van der Waals surface area contributed by atoms with Crippen molar-refractivity contribution in [1.82, 2.24) is 0 Å². The first-order valence-electron chi connectivity index (χ1n) is 4.44. The zero-order chi connectivity index (χ0) is 10.3. The Labute approximate surface area is 78.5 Å². The van der Waals surface area contributed by atoms with Crippen molar-refractivity contribution in [3.05, 3.63) is 12.2 Å². The van der Waals surface area contributed by atoms with E-state index in [2.05, 4.69) is 6.58 Å². The van der Waals surface area contributed by atoms with E-state index >= 15 is 0 Å². The number of hydrogen-bond acceptors (Lipinski definition) is 2. The highest BCUT2D eigenvalue weighted by molar-refractivity contribution is 5.84. The third-order valence-electron chi connectivity index (χ3n) is 1.78. The van der Waals surface area contributed by atoms with Crippen molar-refractivity contribution in [2.45, 2.75) is 39.0 Å². The maximum absolute atomic E-state index is 10.5. The molecule has 0 bridgehead atoms. The van der Waals surface area contributed by atoms with E-state index in [1.165, 1.54) is 13.3 Å². The molecule has 0 spiro atoms. The second-order valence-electron chi connectivity index (χ2n) is 3.18. The van der Waals surface area contributed by atoms with Crippen molar-refractivity contribution in [2.24, 2.45) is 0 Å². The first-order valence-corrected chi connectivity index (χ1v) is 4.44. The average Bonchev–Trinajstić information content (AvgIpc) is 2.06. The van der Waals surface area contributed by atoms with Crippen LogP contribution in [0.4, 0.5) is 0 Å². The van der Waals surface area contributed by atoms with E-state index in [1.54, 1.807) is 0 Å². The first kappa shape index (κ1) is 11.9. The molecule has 3 nitrogen and oxygen atoms in total. The Morgan fingerprint density at radius 2 is 1.69 bits per heavy atom. The largest absolute Gasteiger partial charge is 0.478 e. The average molecular weight is 184 g/mol. The maximum atomic E-state index is 10.5. The van der Waals surface area contributed by atoms with Crippen molar-refractivity contribution in [1.29, 1.82) is 0 Å². The number of carboxylic acid groups (broad SMARTS) is 1. The molecule has 1 aliphatic rings. The lowest BCUT2D eigenvalue weighted by molar-refractivity contribution is -0.132. The van der Waals surface area contributed by atoms with Crippen LogP contribution in [0, 0.1) is 0 Å². The van der Waals surface area contributed by atoms with Crippen LogP contribution in [0.1, 0.15) is 39.0 Å². The lowest BCUT2D eigenvalue weighted by Crippen LogP contribution is -2.02. The van der Waals surface area contributed by atoms with E-state index in [0.717, 1.165) is 25.7 Å². The van der Waals surface area contributed by atoms with Gasteiger partial charge in [-0.3, -0.25) is 4.79 Å². The van der Waals surface area contributed by atoms with E-state index in [9.17, 15) is 9.59 Å². The van der Waals surface area contributed by atoms with Gasteiger partial charge in [0.15, 0.2) is 0 Å². The number of aliphatic carboxylic acids is 1.